The smallest absolute Gasteiger partial charge is 0.419 e. The first-order chi connectivity index (χ1) is 34.0. The number of ether oxygens (including phenoxy) is 2. The summed E-state index contributed by atoms with van der Waals surface area (Å²) in [4.78, 5) is 68.9. The van der Waals surface area contributed by atoms with Crippen molar-refractivity contribution in [3.05, 3.63) is 194 Å². The molecule has 9 rings (SSSR count). The van der Waals surface area contributed by atoms with Crippen LogP contribution in [0.25, 0.3) is 0 Å². The molecule has 0 aliphatic heterocycles. The van der Waals surface area contributed by atoms with E-state index < -0.39 is 47.5 Å². The number of nitrogens with one attached hydrogen (secondary N) is 3. The van der Waals surface area contributed by atoms with Gasteiger partial charge in [-0.15, -0.1) is 12.4 Å². The minimum atomic E-state index is -0.731. The summed E-state index contributed by atoms with van der Waals surface area (Å²) in [6.45, 7) is 3.65. The summed E-state index contributed by atoms with van der Waals surface area (Å²) < 4.78 is 66.4. The highest BCUT2D eigenvalue weighted by molar-refractivity contribution is 6.31. The number of carbonyl (C=O) groups excluding carboxylic acids is 4. The molecule has 3 amide bonds. The average molecular weight is 1050 g/mol. The van der Waals surface area contributed by atoms with Crippen molar-refractivity contribution in [3.8, 4) is 0 Å². The van der Waals surface area contributed by atoms with Crippen molar-refractivity contribution in [2.75, 3.05) is 10.6 Å². The SMILES string of the molecule is Cc1cnc(COC(=O)N[C@H]2CCc3c(C(=O)Nc4ccc(F)c(Cl)c4)ccc(F)c32)cn1.Cc1cnc(COC(=O)n2ccnc2)cn1.Cl.N[C@H]1CCc2c(C(=O)Nc3ccc(F)c(Cl)c3)ccc(F)c21. The van der Waals surface area contributed by atoms with Crippen LogP contribution in [0.4, 0.5) is 38.5 Å². The number of anilines is 2. The number of hydrogen-bond donors (Lipinski definition) is 4. The van der Waals surface area contributed by atoms with Crippen molar-refractivity contribution in [2.45, 2.75) is 64.8 Å². The minimum Gasteiger partial charge on any atom is -0.443 e. The summed E-state index contributed by atoms with van der Waals surface area (Å²) in [5.74, 6) is -2.97. The van der Waals surface area contributed by atoms with E-state index in [9.17, 15) is 36.7 Å². The van der Waals surface area contributed by atoms with Crippen LogP contribution in [0.2, 0.25) is 10.0 Å². The lowest BCUT2D eigenvalue weighted by atomic mass is 10.0. The van der Waals surface area contributed by atoms with Gasteiger partial charge in [-0.3, -0.25) is 29.5 Å². The molecule has 374 valence electrons. The number of carbonyl (C=O) groups is 4. The second-order valence-corrected chi connectivity index (χ2v) is 16.7. The number of aromatic nitrogens is 6. The Morgan fingerprint density at radius 3 is 1.68 bits per heavy atom. The molecule has 72 heavy (non-hydrogen) atoms. The number of alkyl carbamates (subject to hydrolysis) is 1. The van der Waals surface area contributed by atoms with Gasteiger partial charge in [0.05, 0.1) is 51.3 Å². The summed E-state index contributed by atoms with van der Waals surface area (Å²) in [6, 6.07) is 11.9. The maximum atomic E-state index is 14.6. The number of fused-ring (bicyclic) bond motifs is 2. The zero-order chi connectivity index (χ0) is 50.8. The highest BCUT2D eigenvalue weighted by Gasteiger charge is 2.32. The predicted molar refractivity (Wildman–Crippen MR) is 260 cm³/mol. The third kappa shape index (κ3) is 13.7. The van der Waals surface area contributed by atoms with Crippen LogP contribution in [-0.4, -0.2) is 53.5 Å². The first kappa shape index (κ1) is 53.8. The van der Waals surface area contributed by atoms with Gasteiger partial charge in [0.15, 0.2) is 0 Å². The molecule has 0 saturated heterocycles. The highest BCUT2D eigenvalue weighted by atomic mass is 35.5. The van der Waals surface area contributed by atoms with Crippen molar-refractivity contribution >= 4 is 71.0 Å². The van der Waals surface area contributed by atoms with E-state index >= 15 is 0 Å². The molecule has 0 unspecified atom stereocenters. The molecule has 3 heterocycles. The van der Waals surface area contributed by atoms with Gasteiger partial charge in [0.1, 0.15) is 42.8 Å². The maximum absolute atomic E-state index is 14.6. The van der Waals surface area contributed by atoms with Crippen LogP contribution < -0.4 is 21.7 Å². The Kier molecular flexibility index (Phi) is 18.3. The van der Waals surface area contributed by atoms with Gasteiger partial charge in [-0.25, -0.2) is 36.7 Å². The van der Waals surface area contributed by atoms with Gasteiger partial charge < -0.3 is 31.2 Å². The molecule has 7 aromatic rings. The number of nitrogens with two attached hydrogens (primary N) is 1. The van der Waals surface area contributed by atoms with Gasteiger partial charge in [0.2, 0.25) is 0 Å². The Hall–Kier alpha value is -7.52. The number of rotatable bonds is 9. The fourth-order valence-corrected chi connectivity index (χ4v) is 7.83. The lowest BCUT2D eigenvalue weighted by Crippen LogP contribution is -2.28. The number of benzene rings is 4. The van der Waals surface area contributed by atoms with Crippen molar-refractivity contribution < 1.29 is 46.2 Å². The second kappa shape index (κ2) is 24.5. The fraction of sp³-hybridized carbons (Fsp3) is 0.204. The van der Waals surface area contributed by atoms with Gasteiger partial charge in [-0.1, -0.05) is 23.2 Å². The van der Waals surface area contributed by atoms with Gasteiger partial charge in [-0.05, 0) is 111 Å². The van der Waals surface area contributed by atoms with Gasteiger partial charge >= 0.3 is 12.2 Å². The fourth-order valence-electron chi connectivity index (χ4n) is 7.47. The summed E-state index contributed by atoms with van der Waals surface area (Å²) in [7, 11) is 0. The molecule has 3 aromatic heterocycles. The van der Waals surface area contributed by atoms with E-state index in [1.54, 1.807) is 25.5 Å². The Morgan fingerprint density at radius 2 is 1.18 bits per heavy atom. The van der Waals surface area contributed by atoms with E-state index in [0.717, 1.165) is 17.5 Å². The topological polar surface area (TPSA) is 218 Å². The molecule has 2 aliphatic rings. The number of nitrogens with zero attached hydrogens (tertiary/aromatic N) is 6. The molecule has 2 atom stereocenters. The van der Waals surface area contributed by atoms with Gasteiger partial charge in [0, 0.05) is 64.5 Å². The Balaban J connectivity index is 0.000000188. The summed E-state index contributed by atoms with van der Waals surface area (Å²) in [6.07, 6.45) is 11.4. The zero-order valence-electron chi connectivity index (χ0n) is 38.1. The first-order valence-electron chi connectivity index (χ1n) is 21.6. The van der Waals surface area contributed by atoms with Gasteiger partial charge in [0.25, 0.3) is 11.8 Å². The number of imidazole rings is 1. The van der Waals surface area contributed by atoms with Crippen molar-refractivity contribution in [3.63, 3.8) is 0 Å². The van der Waals surface area contributed by atoms with E-state index in [2.05, 4.69) is 40.9 Å². The van der Waals surface area contributed by atoms with Crippen molar-refractivity contribution in [1.29, 1.82) is 0 Å². The maximum Gasteiger partial charge on any atom is 0.419 e. The second-order valence-electron chi connectivity index (χ2n) is 15.9. The van der Waals surface area contributed by atoms with Crippen LogP contribution in [0.5, 0.6) is 0 Å². The van der Waals surface area contributed by atoms with E-state index in [4.69, 9.17) is 38.4 Å². The minimum absolute atomic E-state index is 0. The van der Waals surface area contributed by atoms with Crippen LogP contribution in [0, 0.1) is 37.1 Å². The lowest BCUT2D eigenvalue weighted by Gasteiger charge is -2.16. The number of amides is 3. The van der Waals surface area contributed by atoms with E-state index in [-0.39, 0.29) is 58.7 Å². The molecular weight excluding hydrogens is 1010 g/mol. The van der Waals surface area contributed by atoms with E-state index in [1.807, 2.05) is 6.92 Å². The third-order valence-electron chi connectivity index (χ3n) is 10.9. The van der Waals surface area contributed by atoms with E-state index in [0.29, 0.717) is 70.7 Å². The van der Waals surface area contributed by atoms with Crippen LogP contribution >= 0.6 is 35.6 Å². The largest absolute Gasteiger partial charge is 0.443 e. The standard InChI is InChI=1S/C23H19ClF2N4O3.C16H13ClF2N2O.C10H10N4O2.ClH/c1-12-9-28-14(10-27-12)11-33-23(32)30-20-7-4-15-16(3-6-19(26)21(15)20)22(31)29-13-2-5-18(25)17(24)8-13;17-11-7-8(1-4-12(11)18)21-16(22)10-2-5-13(19)15-9(10)3-6-14(15)20;1-8-4-13-9(5-12-8)6-16-10(15)14-3-2-11-7-14;/h2-3,5-6,8-10,20H,4,7,11H2,1H3,(H,29,31)(H,30,32);1-2,4-5,7,14H,3,6,20H2,(H,21,22);2-5,7H,6H2,1H3;1H/t20-;14-;;/m00../s1. The van der Waals surface area contributed by atoms with Crippen LogP contribution in [0.1, 0.15) is 90.7 Å². The summed E-state index contributed by atoms with van der Waals surface area (Å²) in [5, 5.41) is 7.71. The van der Waals surface area contributed by atoms with Crippen LogP contribution in [0.3, 0.4) is 0 Å². The number of halogens is 7. The summed E-state index contributed by atoms with van der Waals surface area (Å²) in [5.41, 5.74) is 11.6. The van der Waals surface area contributed by atoms with E-state index in [1.165, 1.54) is 84.1 Å². The van der Waals surface area contributed by atoms with Crippen molar-refractivity contribution in [1.82, 2.24) is 34.8 Å². The quantitative estimate of drug-likeness (QED) is 0.0993. The highest BCUT2D eigenvalue weighted by Crippen LogP contribution is 2.37. The Bertz CT molecular complexity index is 3080. The Morgan fingerprint density at radius 1 is 0.681 bits per heavy atom. The molecule has 0 saturated carbocycles. The molecular formula is C49H43Cl3F4N10O6. The normalized spacial score (nSPS) is 13.9. The lowest BCUT2D eigenvalue weighted by molar-refractivity contribution is 0.101. The molecule has 0 radical (unpaired) electrons. The molecule has 5 N–H and O–H groups in total. The molecule has 4 aromatic carbocycles. The predicted octanol–water partition coefficient (Wildman–Crippen LogP) is 10.3. The summed E-state index contributed by atoms with van der Waals surface area (Å²) >= 11 is 11.4. The molecule has 16 nitrogen and oxygen atoms in total. The average Bonchev–Trinajstić information content (AvgIpc) is 4.14. The van der Waals surface area contributed by atoms with Crippen LogP contribution in [0.15, 0.2) is 104 Å². The van der Waals surface area contributed by atoms with Crippen molar-refractivity contribution in [2.24, 2.45) is 5.73 Å². The molecule has 0 spiro atoms. The molecule has 23 heteroatoms. The number of aryl methyl sites for hydroxylation is 2. The molecule has 0 fully saturated rings. The first-order valence-corrected chi connectivity index (χ1v) is 22.3. The zero-order valence-corrected chi connectivity index (χ0v) is 40.4. The van der Waals surface area contributed by atoms with Gasteiger partial charge in [-0.2, -0.15) is 0 Å². The monoisotopic (exact) mass is 1050 g/mol. The van der Waals surface area contributed by atoms with Crippen LogP contribution in [-0.2, 0) is 35.5 Å². The Labute approximate surface area is 425 Å². The number of hydrogen-bond acceptors (Lipinski definition) is 12. The molecule has 0 bridgehead atoms. The third-order valence-corrected chi connectivity index (χ3v) is 11.5. The molecule has 2 aliphatic carbocycles.